The number of rotatable bonds is 4. The Morgan fingerprint density at radius 1 is 0.387 bits per heavy atom. The third-order valence-electron chi connectivity index (χ3n) is 11.4. The molecule has 13 rings (SSSR count). The van der Waals surface area contributed by atoms with Crippen molar-refractivity contribution in [3.63, 3.8) is 0 Å². The van der Waals surface area contributed by atoms with Gasteiger partial charge in [0.2, 0.25) is 13.4 Å². The number of ether oxygens (including phenoxy) is 4. The largest absolute Gasteiger partial charge is 2.00 e. The van der Waals surface area contributed by atoms with Crippen LogP contribution in [0.25, 0.3) is 45.6 Å². The van der Waals surface area contributed by atoms with Gasteiger partial charge in [0.15, 0.2) is 23.0 Å². The summed E-state index contributed by atoms with van der Waals surface area (Å²) in [5.74, 6) is 5.62. The van der Waals surface area contributed by atoms with E-state index >= 15 is 0 Å². The fraction of sp³-hybridized carbons (Fsp3) is 0.0952. The van der Waals surface area contributed by atoms with Crippen molar-refractivity contribution in [2.45, 2.75) is 0 Å². The molecule has 0 unspecified atom stereocenters. The SMILES string of the molecule is Cn1ccnc1-c1[c-]c2c(nc1)Oc1c3c4c(c5c1B2c1[c-]c(-c2nccn2C)cnc1O5)Oc1ncc(-c2nccn2C)[c-]c1B4c1[c-]c(-c2nccn2C)cnc1O3.[Pt+2].[Pt+2]. The summed E-state index contributed by atoms with van der Waals surface area (Å²) in [6.45, 7) is -1.21. The fourth-order valence-electron chi connectivity index (χ4n) is 8.64. The predicted molar refractivity (Wildman–Crippen MR) is 217 cm³/mol. The van der Waals surface area contributed by atoms with Crippen LogP contribution in [0.2, 0.25) is 0 Å². The third kappa shape index (κ3) is 5.35. The minimum absolute atomic E-state index is 0. The van der Waals surface area contributed by atoms with Crippen LogP contribution < -0.4 is 51.7 Å². The quantitative estimate of drug-likeness (QED) is 0.185. The molecule has 0 spiro atoms. The fourth-order valence-corrected chi connectivity index (χ4v) is 8.64. The van der Waals surface area contributed by atoms with E-state index in [4.69, 9.17) is 38.9 Å². The molecule has 12 heterocycles. The molecule has 0 aliphatic carbocycles. The smallest absolute Gasteiger partial charge is 0.481 e. The van der Waals surface area contributed by atoms with Crippen LogP contribution in [0.1, 0.15) is 0 Å². The summed E-state index contributed by atoms with van der Waals surface area (Å²) >= 11 is 0. The standard InChI is InChI=1S/C42H24B2N12O4.2Pt/c1-53-9-5-45-35(53)21-13-25-39(49-17-21)57-31-29-32(58-40-26(43(25)29)14-22(18-50-40)36-46-6-10-54(36)2)34-30-33(31)59-41-27(15-23(19-51-41)37-47-7-11-55(37)3)44(30)28-16-24(20-52-42(28)60-34)38-48-8-12-56(38)4;;/h5-12,17-20H,1-4H3;;/q-4;2*+2. The average molecular weight is 1170 g/mol. The molecule has 62 heavy (non-hydrogen) atoms. The van der Waals surface area contributed by atoms with Crippen LogP contribution in [0.5, 0.6) is 46.5 Å². The van der Waals surface area contributed by atoms with Crippen LogP contribution in [0.4, 0.5) is 0 Å². The number of fused-ring (bicyclic) bond motifs is 10. The van der Waals surface area contributed by atoms with E-state index in [0.29, 0.717) is 125 Å². The van der Waals surface area contributed by atoms with Gasteiger partial charge in [-0.2, -0.15) is 0 Å². The second-order valence-corrected chi connectivity index (χ2v) is 14.9. The Morgan fingerprint density at radius 3 is 0.839 bits per heavy atom. The molecule has 9 aromatic rings. The molecule has 0 fully saturated rings. The minimum atomic E-state index is -0.603. The summed E-state index contributed by atoms with van der Waals surface area (Å²) in [6.07, 6.45) is 21.3. The summed E-state index contributed by atoms with van der Waals surface area (Å²) < 4.78 is 35.1. The number of benzene rings is 1. The molecule has 20 heteroatoms. The van der Waals surface area contributed by atoms with E-state index in [1.165, 1.54) is 0 Å². The van der Waals surface area contributed by atoms with Crippen molar-refractivity contribution in [3.05, 3.63) is 98.6 Å². The van der Waals surface area contributed by atoms with Crippen molar-refractivity contribution in [1.29, 1.82) is 0 Å². The van der Waals surface area contributed by atoms with Gasteiger partial charge in [-0.1, -0.05) is 68.9 Å². The molecule has 0 amide bonds. The summed E-state index contributed by atoms with van der Waals surface area (Å²) in [5.41, 5.74) is 6.51. The van der Waals surface area contributed by atoms with Crippen LogP contribution in [0.3, 0.4) is 0 Å². The first-order valence-electron chi connectivity index (χ1n) is 18.9. The Morgan fingerprint density at radius 2 is 0.629 bits per heavy atom. The average Bonchev–Trinajstić information content (AvgIpc) is 4.10. The Kier molecular flexibility index (Phi) is 8.62. The van der Waals surface area contributed by atoms with E-state index in [2.05, 4.69) is 44.2 Å². The number of hydrogen-bond acceptors (Lipinski definition) is 12. The van der Waals surface area contributed by atoms with Gasteiger partial charge in [-0.15, -0.1) is 24.3 Å². The van der Waals surface area contributed by atoms with E-state index in [9.17, 15) is 0 Å². The van der Waals surface area contributed by atoms with E-state index in [-0.39, 0.29) is 42.1 Å². The van der Waals surface area contributed by atoms with E-state index in [1.807, 2.05) is 71.2 Å². The molecule has 8 aromatic heterocycles. The molecule has 4 aliphatic heterocycles. The van der Waals surface area contributed by atoms with Crippen LogP contribution in [-0.2, 0) is 70.3 Å². The maximum absolute atomic E-state index is 6.86. The topological polar surface area (TPSA) is 160 Å². The third-order valence-corrected chi connectivity index (χ3v) is 11.4. The van der Waals surface area contributed by atoms with Gasteiger partial charge in [-0.25, -0.2) is 0 Å². The van der Waals surface area contributed by atoms with Crippen LogP contribution in [0.15, 0.2) is 74.4 Å². The van der Waals surface area contributed by atoms with Crippen molar-refractivity contribution in [1.82, 2.24) is 58.1 Å². The van der Waals surface area contributed by atoms with Gasteiger partial charge in [0.25, 0.3) is 0 Å². The Bertz CT molecular complexity index is 2920. The molecular weight excluding hydrogens is 1150 g/mol. The maximum atomic E-state index is 6.86. The Balaban J connectivity index is 0.00000216. The van der Waals surface area contributed by atoms with Crippen LogP contribution in [0, 0.1) is 24.3 Å². The van der Waals surface area contributed by atoms with Gasteiger partial charge in [-0.05, 0) is 0 Å². The number of aromatic nitrogens is 12. The minimum Gasteiger partial charge on any atom is -0.481 e. The molecule has 0 N–H and O–H groups in total. The van der Waals surface area contributed by atoms with Gasteiger partial charge in [0.1, 0.15) is 23.5 Å². The molecule has 0 saturated heterocycles. The molecule has 0 saturated carbocycles. The van der Waals surface area contributed by atoms with Gasteiger partial charge in [-0.3, -0.25) is 19.9 Å². The normalized spacial score (nSPS) is 13.0. The van der Waals surface area contributed by atoms with Crippen molar-refractivity contribution < 1.29 is 61.1 Å². The first-order chi connectivity index (χ1) is 29.4. The van der Waals surface area contributed by atoms with Crippen LogP contribution >= 0.6 is 0 Å². The summed E-state index contributed by atoms with van der Waals surface area (Å²) in [4.78, 5) is 37.9. The molecule has 0 radical (unpaired) electrons. The molecule has 1 aromatic carbocycles. The maximum Gasteiger partial charge on any atom is 2.00 e. The first kappa shape index (κ1) is 38.3. The van der Waals surface area contributed by atoms with Crippen molar-refractivity contribution >= 4 is 46.2 Å². The Labute approximate surface area is 382 Å². The predicted octanol–water partition coefficient (Wildman–Crippen LogP) is 1.52. The second-order valence-electron chi connectivity index (χ2n) is 14.9. The van der Waals surface area contributed by atoms with E-state index in [1.54, 1.807) is 49.6 Å². The number of nitrogens with zero attached hydrogens (tertiary/aromatic N) is 12. The number of hydrogen-bond donors (Lipinski definition) is 0. The summed E-state index contributed by atoms with van der Waals surface area (Å²) in [5, 5.41) is 0. The van der Waals surface area contributed by atoms with Crippen molar-refractivity contribution in [2.24, 2.45) is 28.2 Å². The molecule has 0 bridgehead atoms. The number of aryl methyl sites for hydroxylation is 4. The van der Waals surface area contributed by atoms with E-state index in [0.717, 1.165) is 0 Å². The molecular formula is C42H24B2N12O4Pt2. The molecule has 0 atom stereocenters. The summed E-state index contributed by atoms with van der Waals surface area (Å²) in [6, 6.07) is 14.4. The molecule has 4 aliphatic rings. The van der Waals surface area contributed by atoms with Crippen molar-refractivity contribution in [2.75, 3.05) is 0 Å². The zero-order valence-electron chi connectivity index (χ0n) is 32.7. The monoisotopic (exact) mass is 1170 g/mol. The second kappa shape index (κ2) is 13.9. The van der Waals surface area contributed by atoms with Gasteiger partial charge >= 0.3 is 42.1 Å². The summed E-state index contributed by atoms with van der Waals surface area (Å²) in [7, 11) is 7.70. The first-order valence-corrected chi connectivity index (χ1v) is 18.9. The van der Waals surface area contributed by atoms with Crippen molar-refractivity contribution in [3.8, 4) is 92.1 Å². The van der Waals surface area contributed by atoms with Gasteiger partial charge in [0.05, 0.1) is 23.3 Å². The van der Waals surface area contributed by atoms with Gasteiger partial charge in [0, 0.05) is 88.7 Å². The molecule has 302 valence electrons. The zero-order chi connectivity index (χ0) is 40.0. The number of imidazole rings is 4. The van der Waals surface area contributed by atoms with Crippen LogP contribution in [-0.4, -0.2) is 71.6 Å². The van der Waals surface area contributed by atoms with Gasteiger partial charge < -0.3 is 57.2 Å². The van der Waals surface area contributed by atoms with E-state index < -0.39 is 13.4 Å². The Hall–Kier alpha value is -6.63. The zero-order valence-corrected chi connectivity index (χ0v) is 37.3. The molecule has 16 nitrogen and oxygen atoms in total. The number of pyridine rings is 4.